The molecule has 2 aromatic rings. The molecule has 0 heterocycles. The molecule has 0 aliphatic rings. The molecule has 1 unspecified atom stereocenters. The maximum atomic E-state index is 13.6. The lowest BCUT2D eigenvalue weighted by Gasteiger charge is -2.18. The summed E-state index contributed by atoms with van der Waals surface area (Å²) in [5.74, 6) is -0.213. The minimum absolute atomic E-state index is 0.170. The van der Waals surface area contributed by atoms with E-state index in [2.05, 4.69) is 51.8 Å². The van der Waals surface area contributed by atoms with Crippen molar-refractivity contribution in [2.75, 3.05) is 13.3 Å². The summed E-state index contributed by atoms with van der Waals surface area (Å²) >= 11 is 5.05. The monoisotopic (exact) mass is 353 g/mol. The van der Waals surface area contributed by atoms with Gasteiger partial charge in [-0.1, -0.05) is 24.3 Å². The molecule has 0 radical (unpaired) electrons. The van der Waals surface area contributed by atoms with E-state index in [9.17, 15) is 4.39 Å². The summed E-state index contributed by atoms with van der Waals surface area (Å²) < 4.78 is 14.1. The van der Waals surface area contributed by atoms with Gasteiger partial charge >= 0.3 is 0 Å². The lowest BCUT2D eigenvalue weighted by atomic mass is 9.99. The Morgan fingerprint density at radius 2 is 1.90 bits per heavy atom. The zero-order valence-electron chi connectivity index (χ0n) is 11.5. The highest BCUT2D eigenvalue weighted by molar-refractivity contribution is 9.10. The molecular weight excluding hydrogens is 337 g/mol. The van der Waals surface area contributed by atoms with Gasteiger partial charge in [0.1, 0.15) is 5.82 Å². The minimum Gasteiger partial charge on any atom is -0.313 e. The van der Waals surface area contributed by atoms with Gasteiger partial charge in [0.2, 0.25) is 0 Å². The summed E-state index contributed by atoms with van der Waals surface area (Å²) in [5.41, 5.74) is 2.18. The number of rotatable bonds is 5. The summed E-state index contributed by atoms with van der Waals surface area (Å²) in [6.45, 7) is 0. The first-order chi connectivity index (χ1) is 9.65. The Bertz CT molecular complexity index is 571. The van der Waals surface area contributed by atoms with Crippen LogP contribution in [0.15, 0.2) is 51.8 Å². The van der Waals surface area contributed by atoms with Gasteiger partial charge in [-0.3, -0.25) is 0 Å². The van der Waals surface area contributed by atoms with Crippen molar-refractivity contribution < 1.29 is 4.39 Å². The Hall–Kier alpha value is -0.840. The van der Waals surface area contributed by atoms with Gasteiger partial charge in [0.05, 0.1) is 4.47 Å². The van der Waals surface area contributed by atoms with E-state index in [1.54, 1.807) is 17.8 Å². The molecule has 0 aliphatic carbocycles. The van der Waals surface area contributed by atoms with Crippen molar-refractivity contribution in [2.45, 2.75) is 17.4 Å². The Morgan fingerprint density at radius 1 is 1.20 bits per heavy atom. The van der Waals surface area contributed by atoms with Crippen LogP contribution in [0, 0.1) is 5.82 Å². The predicted molar refractivity (Wildman–Crippen MR) is 87.8 cm³/mol. The molecule has 0 fully saturated rings. The number of likely N-dealkylation sites (N-methyl/N-ethyl adjacent to an activating group) is 1. The van der Waals surface area contributed by atoms with Crippen LogP contribution in [-0.2, 0) is 6.42 Å². The van der Waals surface area contributed by atoms with Gasteiger partial charge in [0.15, 0.2) is 0 Å². The fraction of sp³-hybridized carbons (Fsp3) is 0.250. The van der Waals surface area contributed by atoms with Crippen LogP contribution in [-0.4, -0.2) is 13.3 Å². The molecule has 1 nitrogen and oxygen atoms in total. The van der Waals surface area contributed by atoms with Crippen molar-refractivity contribution in [3.63, 3.8) is 0 Å². The Kier molecular flexibility index (Phi) is 5.64. The maximum Gasteiger partial charge on any atom is 0.137 e. The molecule has 2 aromatic carbocycles. The average molecular weight is 354 g/mol. The second-order valence-corrected chi connectivity index (χ2v) is 6.20. The van der Waals surface area contributed by atoms with Gasteiger partial charge in [0, 0.05) is 10.9 Å². The smallest absolute Gasteiger partial charge is 0.137 e. The van der Waals surface area contributed by atoms with E-state index in [1.807, 2.05) is 13.1 Å². The van der Waals surface area contributed by atoms with Crippen LogP contribution in [0.5, 0.6) is 0 Å². The van der Waals surface area contributed by atoms with E-state index in [1.165, 1.54) is 16.5 Å². The summed E-state index contributed by atoms with van der Waals surface area (Å²) in [4.78, 5) is 1.25. The zero-order chi connectivity index (χ0) is 14.5. The Labute approximate surface area is 132 Å². The van der Waals surface area contributed by atoms with Crippen LogP contribution in [0.1, 0.15) is 17.2 Å². The number of thioether (sulfide) groups is 1. The number of benzene rings is 2. The Morgan fingerprint density at radius 3 is 2.50 bits per heavy atom. The second-order valence-electron chi connectivity index (χ2n) is 4.53. The third-order valence-corrected chi connectivity index (χ3v) is 4.95. The first-order valence-electron chi connectivity index (χ1n) is 6.39. The molecule has 1 atom stereocenters. The molecule has 0 bridgehead atoms. The highest BCUT2D eigenvalue weighted by Gasteiger charge is 2.13. The van der Waals surface area contributed by atoms with Gasteiger partial charge in [-0.05, 0) is 65.0 Å². The second kappa shape index (κ2) is 7.25. The molecular formula is C16H17BrFNS. The third kappa shape index (κ3) is 3.62. The largest absolute Gasteiger partial charge is 0.313 e. The number of hydrogen-bond donors (Lipinski definition) is 1. The van der Waals surface area contributed by atoms with Crippen LogP contribution in [0.3, 0.4) is 0 Å². The molecule has 0 amide bonds. The highest BCUT2D eigenvalue weighted by atomic mass is 79.9. The van der Waals surface area contributed by atoms with E-state index in [4.69, 9.17) is 0 Å². The molecule has 0 saturated heterocycles. The predicted octanol–water partition coefficient (Wildman–Crippen LogP) is 4.81. The van der Waals surface area contributed by atoms with Gasteiger partial charge in [-0.25, -0.2) is 4.39 Å². The molecule has 0 saturated carbocycles. The summed E-state index contributed by atoms with van der Waals surface area (Å²) in [5, 5.41) is 3.30. The van der Waals surface area contributed by atoms with Crippen molar-refractivity contribution in [3.05, 3.63) is 63.9 Å². The van der Waals surface area contributed by atoms with Crippen molar-refractivity contribution in [1.29, 1.82) is 0 Å². The van der Waals surface area contributed by atoms with Gasteiger partial charge < -0.3 is 5.32 Å². The molecule has 0 aliphatic heterocycles. The van der Waals surface area contributed by atoms with Crippen LogP contribution in [0.4, 0.5) is 4.39 Å². The van der Waals surface area contributed by atoms with Crippen LogP contribution >= 0.6 is 27.7 Å². The fourth-order valence-electron chi connectivity index (χ4n) is 2.15. The van der Waals surface area contributed by atoms with Crippen molar-refractivity contribution in [3.8, 4) is 0 Å². The van der Waals surface area contributed by atoms with Crippen molar-refractivity contribution in [2.24, 2.45) is 0 Å². The number of hydrogen-bond acceptors (Lipinski definition) is 2. The number of nitrogens with one attached hydrogen (secondary N) is 1. The van der Waals surface area contributed by atoms with E-state index in [0.717, 1.165) is 12.0 Å². The van der Waals surface area contributed by atoms with E-state index < -0.39 is 0 Å². The molecule has 4 heteroatoms. The van der Waals surface area contributed by atoms with Crippen LogP contribution < -0.4 is 5.32 Å². The van der Waals surface area contributed by atoms with Crippen LogP contribution in [0.2, 0.25) is 0 Å². The SMILES string of the molecule is CNC(Cc1cccc(F)c1Br)c1ccc(SC)cc1. The summed E-state index contributed by atoms with van der Waals surface area (Å²) in [6, 6.07) is 13.8. The summed E-state index contributed by atoms with van der Waals surface area (Å²) in [6.07, 6.45) is 2.81. The lowest BCUT2D eigenvalue weighted by Crippen LogP contribution is -2.19. The number of halogens is 2. The van der Waals surface area contributed by atoms with Crippen LogP contribution in [0.25, 0.3) is 0 Å². The van der Waals surface area contributed by atoms with Gasteiger partial charge in [-0.2, -0.15) is 0 Å². The minimum atomic E-state index is -0.213. The molecule has 0 aromatic heterocycles. The van der Waals surface area contributed by atoms with Crippen molar-refractivity contribution >= 4 is 27.7 Å². The Balaban J connectivity index is 2.21. The molecule has 20 heavy (non-hydrogen) atoms. The first-order valence-corrected chi connectivity index (χ1v) is 8.41. The van der Waals surface area contributed by atoms with Gasteiger partial charge in [0.25, 0.3) is 0 Å². The molecule has 2 rings (SSSR count). The quantitative estimate of drug-likeness (QED) is 0.773. The first kappa shape index (κ1) is 15.5. The fourth-order valence-corrected chi connectivity index (χ4v) is 2.98. The van der Waals surface area contributed by atoms with E-state index in [0.29, 0.717) is 4.47 Å². The maximum absolute atomic E-state index is 13.6. The third-order valence-electron chi connectivity index (χ3n) is 3.32. The topological polar surface area (TPSA) is 12.0 Å². The highest BCUT2D eigenvalue weighted by Crippen LogP contribution is 2.27. The van der Waals surface area contributed by atoms with E-state index in [-0.39, 0.29) is 11.9 Å². The van der Waals surface area contributed by atoms with Crippen molar-refractivity contribution in [1.82, 2.24) is 5.32 Å². The zero-order valence-corrected chi connectivity index (χ0v) is 13.9. The van der Waals surface area contributed by atoms with Gasteiger partial charge in [-0.15, -0.1) is 11.8 Å². The molecule has 106 valence electrons. The molecule has 0 spiro atoms. The normalized spacial score (nSPS) is 12.4. The lowest BCUT2D eigenvalue weighted by molar-refractivity contribution is 0.580. The van der Waals surface area contributed by atoms with E-state index >= 15 is 0 Å². The standard InChI is InChI=1S/C16H17BrFNS/c1-19-15(11-6-8-13(20-2)9-7-11)10-12-4-3-5-14(18)16(12)17/h3-9,15,19H,10H2,1-2H3. The average Bonchev–Trinajstić information content (AvgIpc) is 2.49. The summed E-state index contributed by atoms with van der Waals surface area (Å²) in [7, 11) is 1.93. The molecule has 1 N–H and O–H groups in total.